The van der Waals surface area contributed by atoms with Gasteiger partial charge in [-0.25, -0.2) is 0 Å². The third kappa shape index (κ3) is 4.30. The second-order valence-corrected chi connectivity index (χ2v) is 4.94. The number of hydrogen-bond acceptors (Lipinski definition) is 4. The first kappa shape index (κ1) is 15.0. The molecule has 2 rings (SSSR count). The number of guanidine groups is 1. The molecule has 0 unspecified atom stereocenters. The molecule has 0 bridgehead atoms. The van der Waals surface area contributed by atoms with E-state index in [4.69, 9.17) is 4.52 Å². The summed E-state index contributed by atoms with van der Waals surface area (Å²) >= 11 is 0. The largest absolute Gasteiger partial charge is 0.352 e. The number of hydrogen-bond donors (Lipinski definition) is 2. The molecule has 6 heteroatoms. The second-order valence-electron chi connectivity index (χ2n) is 4.94. The van der Waals surface area contributed by atoms with E-state index in [9.17, 15) is 0 Å². The van der Waals surface area contributed by atoms with E-state index in [1.165, 1.54) is 16.7 Å². The van der Waals surface area contributed by atoms with E-state index in [1.807, 2.05) is 0 Å². The van der Waals surface area contributed by atoms with Crippen molar-refractivity contribution in [1.82, 2.24) is 20.8 Å². The van der Waals surface area contributed by atoms with Crippen molar-refractivity contribution in [3.05, 3.63) is 46.6 Å². The Morgan fingerprint density at radius 3 is 2.57 bits per heavy atom. The molecule has 1 aromatic heterocycles. The summed E-state index contributed by atoms with van der Waals surface area (Å²) in [6.45, 7) is 7.17. The standard InChI is InChI=1S/C15H21N5O/c1-10-5-6-13(11(2)7-10)8-17-15(16-4)18-9-14-19-12(3)20-21-14/h5-7H,8-9H2,1-4H3,(H2,16,17,18). The Balaban J connectivity index is 1.88. The summed E-state index contributed by atoms with van der Waals surface area (Å²) in [4.78, 5) is 8.31. The molecule has 0 saturated heterocycles. The first-order valence-corrected chi connectivity index (χ1v) is 6.88. The third-order valence-corrected chi connectivity index (χ3v) is 3.14. The SMILES string of the molecule is CN=C(NCc1nc(C)no1)NCc1ccc(C)cc1C. The summed E-state index contributed by atoms with van der Waals surface area (Å²) in [6, 6.07) is 6.42. The summed E-state index contributed by atoms with van der Waals surface area (Å²) in [5.41, 5.74) is 3.79. The highest BCUT2D eigenvalue weighted by atomic mass is 16.5. The van der Waals surface area contributed by atoms with Crippen molar-refractivity contribution >= 4 is 5.96 Å². The molecule has 0 amide bonds. The van der Waals surface area contributed by atoms with E-state index < -0.39 is 0 Å². The van der Waals surface area contributed by atoms with Crippen molar-refractivity contribution in [3.8, 4) is 0 Å². The minimum absolute atomic E-state index is 0.452. The van der Waals surface area contributed by atoms with E-state index >= 15 is 0 Å². The number of benzene rings is 1. The Hall–Kier alpha value is -2.37. The molecule has 0 saturated carbocycles. The van der Waals surface area contributed by atoms with Gasteiger partial charge in [0.25, 0.3) is 0 Å². The third-order valence-electron chi connectivity index (χ3n) is 3.14. The Kier molecular flexibility index (Phi) is 4.92. The summed E-state index contributed by atoms with van der Waals surface area (Å²) in [6.07, 6.45) is 0. The molecule has 0 aliphatic carbocycles. The van der Waals surface area contributed by atoms with Gasteiger partial charge in [0.05, 0.1) is 6.54 Å². The zero-order valence-electron chi connectivity index (χ0n) is 12.9. The lowest BCUT2D eigenvalue weighted by atomic mass is 10.1. The van der Waals surface area contributed by atoms with Crippen LogP contribution in [0.25, 0.3) is 0 Å². The fourth-order valence-electron chi connectivity index (χ4n) is 2.01. The molecule has 2 N–H and O–H groups in total. The van der Waals surface area contributed by atoms with Crippen molar-refractivity contribution in [1.29, 1.82) is 0 Å². The maximum Gasteiger partial charge on any atom is 0.246 e. The van der Waals surface area contributed by atoms with Gasteiger partial charge in [-0.1, -0.05) is 28.9 Å². The van der Waals surface area contributed by atoms with Crippen LogP contribution in [0, 0.1) is 20.8 Å². The molecular weight excluding hydrogens is 266 g/mol. The molecule has 0 spiro atoms. The number of nitrogens with one attached hydrogen (secondary N) is 2. The number of aliphatic imine (C=N–C) groups is 1. The highest BCUT2D eigenvalue weighted by Gasteiger charge is 2.05. The van der Waals surface area contributed by atoms with Crippen molar-refractivity contribution < 1.29 is 4.52 Å². The molecule has 2 aromatic rings. The van der Waals surface area contributed by atoms with E-state index in [1.54, 1.807) is 14.0 Å². The number of aryl methyl sites for hydroxylation is 3. The van der Waals surface area contributed by atoms with Crippen LogP contribution in [0.3, 0.4) is 0 Å². The molecule has 1 heterocycles. The lowest BCUT2D eigenvalue weighted by molar-refractivity contribution is 0.371. The lowest BCUT2D eigenvalue weighted by Crippen LogP contribution is -2.36. The fourth-order valence-corrected chi connectivity index (χ4v) is 2.01. The lowest BCUT2D eigenvalue weighted by Gasteiger charge is -2.12. The molecule has 21 heavy (non-hydrogen) atoms. The van der Waals surface area contributed by atoms with Gasteiger partial charge in [0.1, 0.15) is 0 Å². The predicted octanol–water partition coefficient (Wildman–Crippen LogP) is 1.86. The van der Waals surface area contributed by atoms with E-state index in [0.29, 0.717) is 30.8 Å². The minimum Gasteiger partial charge on any atom is -0.352 e. The van der Waals surface area contributed by atoms with Gasteiger partial charge in [-0.2, -0.15) is 4.98 Å². The average Bonchev–Trinajstić information content (AvgIpc) is 2.86. The molecule has 0 aliphatic heterocycles. The molecule has 0 fully saturated rings. The van der Waals surface area contributed by atoms with Crippen LogP contribution in [0.1, 0.15) is 28.4 Å². The summed E-state index contributed by atoms with van der Waals surface area (Å²) in [7, 11) is 1.73. The second kappa shape index (κ2) is 6.88. The van der Waals surface area contributed by atoms with Crippen molar-refractivity contribution in [2.24, 2.45) is 4.99 Å². The van der Waals surface area contributed by atoms with E-state index in [0.717, 1.165) is 0 Å². The highest BCUT2D eigenvalue weighted by Crippen LogP contribution is 2.09. The van der Waals surface area contributed by atoms with Gasteiger partial charge in [0.2, 0.25) is 5.89 Å². The van der Waals surface area contributed by atoms with E-state index in [2.05, 4.69) is 57.8 Å². The van der Waals surface area contributed by atoms with Gasteiger partial charge in [-0.05, 0) is 31.9 Å². The Bertz CT molecular complexity index is 633. The summed E-state index contributed by atoms with van der Waals surface area (Å²) < 4.78 is 5.05. The first-order valence-electron chi connectivity index (χ1n) is 6.88. The maximum absolute atomic E-state index is 5.05. The van der Waals surface area contributed by atoms with E-state index in [-0.39, 0.29) is 0 Å². The summed E-state index contributed by atoms with van der Waals surface area (Å²) in [5, 5.41) is 10.2. The van der Waals surface area contributed by atoms with Crippen LogP contribution < -0.4 is 10.6 Å². The minimum atomic E-state index is 0.452. The number of rotatable bonds is 4. The van der Waals surface area contributed by atoms with Gasteiger partial charge in [-0.3, -0.25) is 4.99 Å². The molecule has 0 radical (unpaired) electrons. The van der Waals surface area contributed by atoms with Crippen LogP contribution in [0.5, 0.6) is 0 Å². The van der Waals surface area contributed by atoms with Crippen molar-refractivity contribution in [2.75, 3.05) is 7.05 Å². The molecule has 1 aromatic carbocycles. The number of aromatic nitrogens is 2. The van der Waals surface area contributed by atoms with Crippen LogP contribution >= 0.6 is 0 Å². The van der Waals surface area contributed by atoms with Crippen LogP contribution in [-0.2, 0) is 13.1 Å². The van der Waals surface area contributed by atoms with Gasteiger partial charge in [0.15, 0.2) is 11.8 Å². The molecule has 0 aliphatic rings. The summed E-state index contributed by atoms with van der Waals surface area (Å²) in [5.74, 6) is 1.87. The zero-order valence-corrected chi connectivity index (χ0v) is 12.9. The monoisotopic (exact) mass is 287 g/mol. The predicted molar refractivity (Wildman–Crippen MR) is 82.0 cm³/mol. The molecular formula is C15H21N5O. The Labute approximate surface area is 124 Å². The highest BCUT2D eigenvalue weighted by molar-refractivity contribution is 5.79. The van der Waals surface area contributed by atoms with Gasteiger partial charge < -0.3 is 15.2 Å². The van der Waals surface area contributed by atoms with Crippen molar-refractivity contribution in [2.45, 2.75) is 33.9 Å². The van der Waals surface area contributed by atoms with Crippen LogP contribution in [0.2, 0.25) is 0 Å². The van der Waals surface area contributed by atoms with Gasteiger partial charge >= 0.3 is 0 Å². The Morgan fingerprint density at radius 2 is 1.95 bits per heavy atom. The smallest absolute Gasteiger partial charge is 0.246 e. The maximum atomic E-state index is 5.05. The number of nitrogens with zero attached hydrogens (tertiary/aromatic N) is 3. The normalized spacial score (nSPS) is 11.5. The van der Waals surface area contributed by atoms with Gasteiger partial charge in [-0.15, -0.1) is 0 Å². The van der Waals surface area contributed by atoms with Crippen LogP contribution in [0.15, 0.2) is 27.7 Å². The average molecular weight is 287 g/mol. The van der Waals surface area contributed by atoms with Crippen LogP contribution in [0.4, 0.5) is 0 Å². The molecule has 112 valence electrons. The Morgan fingerprint density at radius 1 is 1.19 bits per heavy atom. The fraction of sp³-hybridized carbons (Fsp3) is 0.400. The molecule has 6 nitrogen and oxygen atoms in total. The molecule has 0 atom stereocenters. The quantitative estimate of drug-likeness (QED) is 0.663. The van der Waals surface area contributed by atoms with Crippen molar-refractivity contribution in [3.63, 3.8) is 0 Å². The zero-order chi connectivity index (χ0) is 15.2. The van der Waals surface area contributed by atoms with Crippen LogP contribution in [-0.4, -0.2) is 23.1 Å². The topological polar surface area (TPSA) is 75.3 Å². The first-order chi connectivity index (χ1) is 10.1. The van der Waals surface area contributed by atoms with Gasteiger partial charge in [0, 0.05) is 13.6 Å².